The van der Waals surface area contributed by atoms with Gasteiger partial charge in [0.05, 0.1) is 0 Å². The predicted molar refractivity (Wildman–Crippen MR) is 141 cm³/mol. The Kier molecular flexibility index (Phi) is 9.85. The molecule has 3 aromatic rings. The van der Waals surface area contributed by atoms with E-state index in [9.17, 15) is 8.78 Å². The minimum Gasteiger partial charge on any atom is -0.301 e. The summed E-state index contributed by atoms with van der Waals surface area (Å²) in [5, 5.41) is 0. The summed E-state index contributed by atoms with van der Waals surface area (Å²) in [5.74, 6) is -0.263. The van der Waals surface area contributed by atoms with Crippen molar-refractivity contribution in [2.75, 3.05) is 39.3 Å². The van der Waals surface area contributed by atoms with Gasteiger partial charge in [-0.3, -0.25) is 0 Å². The van der Waals surface area contributed by atoms with Gasteiger partial charge in [0, 0.05) is 32.1 Å². The van der Waals surface area contributed by atoms with E-state index in [0.29, 0.717) is 0 Å². The minimum atomic E-state index is -0.220. The summed E-state index contributed by atoms with van der Waals surface area (Å²) in [6.45, 7) is 7.03. The van der Waals surface area contributed by atoms with E-state index in [0.717, 1.165) is 36.9 Å². The van der Waals surface area contributed by atoms with Gasteiger partial charge in [-0.05, 0) is 79.7 Å². The first kappa shape index (κ1) is 25.5. The molecule has 0 radical (unpaired) electrons. The molecule has 1 aliphatic heterocycles. The zero-order valence-corrected chi connectivity index (χ0v) is 20.7. The molecule has 0 N–H and O–H groups in total. The lowest BCUT2D eigenvalue weighted by atomic mass is 9.87. The second-order valence-corrected chi connectivity index (χ2v) is 9.78. The molecule has 0 unspecified atom stereocenters. The maximum absolute atomic E-state index is 13.4. The molecule has 1 saturated heterocycles. The van der Waals surface area contributed by atoms with Crippen molar-refractivity contribution >= 4 is 0 Å². The fourth-order valence-corrected chi connectivity index (χ4v) is 5.16. The standard InChI is InChI=1S/C31H38F2N2/c32-29-16-12-27(13-17-29)31(28-14-18-30(33)19-15-28)11-5-2-6-20-34-22-24-35(25-23-34)21-7-10-26-8-3-1-4-9-26/h1,3-4,8-9,12-19,31H,2,5-7,10-11,20-25H2. The second-order valence-electron chi connectivity index (χ2n) is 9.78. The van der Waals surface area contributed by atoms with Gasteiger partial charge < -0.3 is 9.80 Å². The topological polar surface area (TPSA) is 6.48 Å². The molecule has 0 amide bonds. The van der Waals surface area contributed by atoms with E-state index in [4.69, 9.17) is 0 Å². The van der Waals surface area contributed by atoms with Crippen molar-refractivity contribution in [3.63, 3.8) is 0 Å². The molecule has 2 nitrogen and oxygen atoms in total. The molecular weight excluding hydrogens is 438 g/mol. The Labute approximate surface area is 209 Å². The van der Waals surface area contributed by atoms with Crippen LogP contribution in [0.2, 0.25) is 0 Å². The van der Waals surface area contributed by atoms with Crippen LogP contribution in [0.25, 0.3) is 0 Å². The van der Waals surface area contributed by atoms with Gasteiger partial charge in [0.25, 0.3) is 0 Å². The third kappa shape index (κ3) is 8.26. The quantitative estimate of drug-likeness (QED) is 0.262. The van der Waals surface area contributed by atoms with Crippen molar-refractivity contribution in [3.05, 3.63) is 107 Å². The Morgan fingerprint density at radius 3 is 1.63 bits per heavy atom. The number of aryl methyl sites for hydroxylation is 1. The van der Waals surface area contributed by atoms with Gasteiger partial charge in [-0.1, -0.05) is 67.4 Å². The summed E-state index contributed by atoms with van der Waals surface area (Å²) in [4.78, 5) is 5.21. The van der Waals surface area contributed by atoms with Gasteiger partial charge in [0.2, 0.25) is 0 Å². The molecule has 0 aliphatic carbocycles. The smallest absolute Gasteiger partial charge is 0.123 e. The third-order valence-electron chi connectivity index (χ3n) is 7.26. The molecule has 0 saturated carbocycles. The molecule has 0 bridgehead atoms. The maximum atomic E-state index is 13.4. The minimum absolute atomic E-state index is 0.177. The van der Waals surface area contributed by atoms with Crippen LogP contribution in [0.15, 0.2) is 78.9 Å². The fourth-order valence-electron chi connectivity index (χ4n) is 5.16. The molecule has 1 fully saturated rings. The average molecular weight is 477 g/mol. The van der Waals surface area contributed by atoms with Crippen LogP contribution in [0.1, 0.15) is 54.7 Å². The zero-order valence-electron chi connectivity index (χ0n) is 20.7. The van der Waals surface area contributed by atoms with Crippen LogP contribution in [-0.2, 0) is 6.42 Å². The first-order valence-corrected chi connectivity index (χ1v) is 13.2. The van der Waals surface area contributed by atoms with E-state index in [1.165, 1.54) is 81.8 Å². The summed E-state index contributed by atoms with van der Waals surface area (Å²) < 4.78 is 26.9. The number of hydrogen-bond donors (Lipinski definition) is 0. The summed E-state index contributed by atoms with van der Waals surface area (Å²) in [5.41, 5.74) is 3.63. The monoisotopic (exact) mass is 476 g/mol. The van der Waals surface area contributed by atoms with E-state index in [1.54, 1.807) is 0 Å². The fraction of sp³-hybridized carbons (Fsp3) is 0.419. The van der Waals surface area contributed by atoms with E-state index in [2.05, 4.69) is 40.1 Å². The Bertz CT molecular complexity index is 935. The highest BCUT2D eigenvalue weighted by Crippen LogP contribution is 2.30. The first-order chi connectivity index (χ1) is 17.2. The molecule has 35 heavy (non-hydrogen) atoms. The summed E-state index contributed by atoms with van der Waals surface area (Å²) >= 11 is 0. The van der Waals surface area contributed by atoms with Crippen molar-refractivity contribution < 1.29 is 8.78 Å². The lowest BCUT2D eigenvalue weighted by Crippen LogP contribution is -2.46. The number of halogens is 2. The highest BCUT2D eigenvalue weighted by atomic mass is 19.1. The van der Waals surface area contributed by atoms with Crippen LogP contribution >= 0.6 is 0 Å². The molecule has 4 rings (SSSR count). The molecule has 186 valence electrons. The third-order valence-corrected chi connectivity index (χ3v) is 7.26. The lowest BCUT2D eigenvalue weighted by molar-refractivity contribution is 0.130. The average Bonchev–Trinajstić information content (AvgIpc) is 2.89. The van der Waals surface area contributed by atoms with Crippen LogP contribution in [0, 0.1) is 11.6 Å². The predicted octanol–water partition coefficient (Wildman–Crippen LogP) is 6.91. The Hall–Kier alpha value is -2.56. The van der Waals surface area contributed by atoms with Gasteiger partial charge >= 0.3 is 0 Å². The summed E-state index contributed by atoms with van der Waals surface area (Å²) in [6, 6.07) is 24.3. The van der Waals surface area contributed by atoms with Crippen molar-refractivity contribution in [1.29, 1.82) is 0 Å². The maximum Gasteiger partial charge on any atom is 0.123 e. The Morgan fingerprint density at radius 1 is 0.571 bits per heavy atom. The highest BCUT2D eigenvalue weighted by Gasteiger charge is 2.17. The van der Waals surface area contributed by atoms with Crippen LogP contribution in [0.5, 0.6) is 0 Å². The zero-order chi connectivity index (χ0) is 24.3. The van der Waals surface area contributed by atoms with Gasteiger partial charge in [-0.2, -0.15) is 0 Å². The van der Waals surface area contributed by atoms with Crippen molar-refractivity contribution in [3.8, 4) is 0 Å². The number of rotatable bonds is 12. The van der Waals surface area contributed by atoms with Crippen LogP contribution in [0.4, 0.5) is 8.78 Å². The first-order valence-electron chi connectivity index (χ1n) is 13.2. The van der Waals surface area contributed by atoms with Gasteiger partial charge in [0.15, 0.2) is 0 Å². The number of hydrogen-bond acceptors (Lipinski definition) is 2. The Balaban J connectivity index is 1.14. The van der Waals surface area contributed by atoms with Gasteiger partial charge in [0.1, 0.15) is 11.6 Å². The molecule has 4 heteroatoms. The van der Waals surface area contributed by atoms with Gasteiger partial charge in [-0.25, -0.2) is 8.78 Å². The van der Waals surface area contributed by atoms with Crippen LogP contribution in [0.3, 0.4) is 0 Å². The highest BCUT2D eigenvalue weighted by molar-refractivity contribution is 5.32. The summed E-state index contributed by atoms with van der Waals surface area (Å²) in [7, 11) is 0. The van der Waals surface area contributed by atoms with E-state index in [1.807, 2.05) is 24.3 Å². The molecule has 0 aromatic heterocycles. The largest absolute Gasteiger partial charge is 0.301 e. The van der Waals surface area contributed by atoms with Crippen molar-refractivity contribution in [2.24, 2.45) is 0 Å². The molecular formula is C31H38F2N2. The molecule has 3 aromatic carbocycles. The lowest BCUT2D eigenvalue weighted by Gasteiger charge is -2.34. The second kappa shape index (κ2) is 13.5. The number of nitrogens with zero attached hydrogens (tertiary/aromatic N) is 2. The molecule has 0 atom stereocenters. The van der Waals surface area contributed by atoms with E-state index >= 15 is 0 Å². The Morgan fingerprint density at radius 2 is 1.09 bits per heavy atom. The number of unbranched alkanes of at least 4 members (excludes halogenated alkanes) is 2. The number of benzene rings is 3. The molecule has 1 aliphatic rings. The molecule has 1 heterocycles. The normalized spacial score (nSPS) is 15.1. The van der Waals surface area contributed by atoms with Crippen LogP contribution < -0.4 is 0 Å². The van der Waals surface area contributed by atoms with Crippen LogP contribution in [-0.4, -0.2) is 49.1 Å². The van der Waals surface area contributed by atoms with Crippen molar-refractivity contribution in [1.82, 2.24) is 9.80 Å². The van der Waals surface area contributed by atoms with E-state index < -0.39 is 0 Å². The van der Waals surface area contributed by atoms with E-state index in [-0.39, 0.29) is 17.6 Å². The van der Waals surface area contributed by atoms with Gasteiger partial charge in [-0.15, -0.1) is 0 Å². The SMILES string of the molecule is Fc1ccc(C(CCCCCN2CCN(CCCc3ccccc3)CC2)c2ccc(F)cc2)cc1. The molecule has 0 spiro atoms. The number of piperazine rings is 1. The summed E-state index contributed by atoms with van der Waals surface area (Å²) in [6.07, 6.45) is 6.88. The van der Waals surface area contributed by atoms with Crippen molar-refractivity contribution in [2.45, 2.75) is 44.4 Å².